The molecule has 0 spiro atoms. The minimum absolute atomic E-state index is 1.11. The molecule has 4 aromatic carbocycles. The molecule has 0 fully saturated rings. The predicted octanol–water partition coefficient (Wildman–Crippen LogP) is 9.79. The molecule has 0 radical (unpaired) electrons. The van der Waals surface area contributed by atoms with Gasteiger partial charge in [-0.05, 0) is 55.0 Å². The Morgan fingerprint density at radius 1 is 0.812 bits per heavy atom. The van der Waals surface area contributed by atoms with Crippen molar-refractivity contribution in [1.29, 1.82) is 0 Å². The summed E-state index contributed by atoms with van der Waals surface area (Å²) in [5.41, 5.74) is 5.85. The van der Waals surface area contributed by atoms with E-state index in [1.807, 2.05) is 23.5 Å². The van der Waals surface area contributed by atoms with Gasteiger partial charge < -0.3 is 4.90 Å². The van der Waals surface area contributed by atoms with Crippen LogP contribution >= 0.6 is 27.3 Å². The van der Waals surface area contributed by atoms with Crippen LogP contribution in [0.4, 0.5) is 17.1 Å². The Hall–Kier alpha value is -3.14. The van der Waals surface area contributed by atoms with Gasteiger partial charge in [-0.1, -0.05) is 83.2 Å². The van der Waals surface area contributed by atoms with Crippen LogP contribution in [0.15, 0.2) is 108 Å². The number of fused-ring (bicyclic) bond motifs is 3. The molecule has 3 heteroatoms. The van der Waals surface area contributed by atoms with Crippen LogP contribution in [0.3, 0.4) is 0 Å². The maximum atomic E-state index is 3.85. The summed E-state index contributed by atoms with van der Waals surface area (Å²) in [7, 11) is 0. The Balaban J connectivity index is 1.75. The van der Waals surface area contributed by atoms with E-state index in [1.54, 1.807) is 0 Å². The molecule has 5 aromatic rings. The Labute approximate surface area is 201 Å². The maximum Gasteiger partial charge on any atom is 0.0536 e. The van der Waals surface area contributed by atoms with Crippen molar-refractivity contribution in [2.75, 3.05) is 4.90 Å². The van der Waals surface area contributed by atoms with E-state index >= 15 is 0 Å². The first-order valence-corrected chi connectivity index (χ1v) is 12.1. The van der Waals surface area contributed by atoms with Gasteiger partial charge in [0, 0.05) is 41.6 Å². The number of hydrogen-bond acceptors (Lipinski definition) is 2. The predicted molar refractivity (Wildman–Crippen MR) is 146 cm³/mol. The summed E-state index contributed by atoms with van der Waals surface area (Å²) in [6.45, 7) is 6.01. The SMILES string of the molecule is C=C/C=C\c1c(C)cccc1N(c1ccccc1)c1ccc2c(c1)sc1cc(Br)ccc12. The van der Waals surface area contributed by atoms with E-state index < -0.39 is 0 Å². The Kier molecular flexibility index (Phi) is 5.69. The van der Waals surface area contributed by atoms with Gasteiger partial charge in [-0.25, -0.2) is 0 Å². The molecule has 0 amide bonds. The summed E-state index contributed by atoms with van der Waals surface area (Å²) in [6, 6.07) is 30.3. The van der Waals surface area contributed by atoms with Crippen molar-refractivity contribution < 1.29 is 0 Å². The van der Waals surface area contributed by atoms with E-state index in [-0.39, 0.29) is 0 Å². The molecule has 0 aliphatic carbocycles. The number of nitrogens with zero attached hydrogens (tertiary/aromatic N) is 1. The molecule has 0 aliphatic rings. The zero-order valence-corrected chi connectivity index (χ0v) is 20.2. The van der Waals surface area contributed by atoms with Crippen LogP contribution in [0, 0.1) is 6.92 Å². The molecule has 156 valence electrons. The van der Waals surface area contributed by atoms with Crippen molar-refractivity contribution in [1.82, 2.24) is 0 Å². The van der Waals surface area contributed by atoms with Gasteiger partial charge in [0.25, 0.3) is 0 Å². The van der Waals surface area contributed by atoms with Crippen LogP contribution in [-0.2, 0) is 0 Å². The summed E-state index contributed by atoms with van der Waals surface area (Å²) in [5.74, 6) is 0. The number of rotatable bonds is 5. The molecule has 0 atom stereocenters. The first-order valence-electron chi connectivity index (χ1n) is 10.5. The van der Waals surface area contributed by atoms with Gasteiger partial charge >= 0.3 is 0 Å². The zero-order valence-electron chi connectivity index (χ0n) is 17.8. The highest BCUT2D eigenvalue weighted by Gasteiger charge is 2.17. The Morgan fingerprint density at radius 3 is 2.34 bits per heavy atom. The van der Waals surface area contributed by atoms with Crippen molar-refractivity contribution in [3.8, 4) is 0 Å². The minimum atomic E-state index is 1.11. The second kappa shape index (κ2) is 8.78. The lowest BCUT2D eigenvalue weighted by molar-refractivity contribution is 1.27. The van der Waals surface area contributed by atoms with Crippen molar-refractivity contribution in [2.45, 2.75) is 6.92 Å². The summed E-state index contributed by atoms with van der Waals surface area (Å²) in [6.07, 6.45) is 5.97. The molecule has 1 aromatic heterocycles. The fourth-order valence-corrected chi connectivity index (χ4v) is 5.82. The summed E-state index contributed by atoms with van der Waals surface area (Å²) >= 11 is 5.44. The van der Waals surface area contributed by atoms with Crippen LogP contribution in [0.5, 0.6) is 0 Å². The van der Waals surface area contributed by atoms with Gasteiger partial charge in [0.15, 0.2) is 0 Å². The van der Waals surface area contributed by atoms with Crippen molar-refractivity contribution >= 4 is 70.6 Å². The average Bonchev–Trinajstić information content (AvgIpc) is 3.16. The molecule has 0 saturated carbocycles. The number of hydrogen-bond donors (Lipinski definition) is 0. The normalized spacial score (nSPS) is 11.4. The van der Waals surface area contributed by atoms with Crippen molar-refractivity contribution in [2.24, 2.45) is 0 Å². The van der Waals surface area contributed by atoms with E-state index in [1.165, 1.54) is 31.3 Å². The molecule has 0 aliphatic heterocycles. The van der Waals surface area contributed by atoms with Crippen LogP contribution in [0.25, 0.3) is 26.2 Å². The first kappa shape index (κ1) is 20.7. The van der Waals surface area contributed by atoms with Gasteiger partial charge in [0.2, 0.25) is 0 Å². The molecule has 1 heterocycles. The smallest absolute Gasteiger partial charge is 0.0536 e. The number of thiophene rings is 1. The average molecular weight is 496 g/mol. The minimum Gasteiger partial charge on any atom is -0.310 e. The Morgan fingerprint density at radius 2 is 1.56 bits per heavy atom. The number of allylic oxidation sites excluding steroid dienone is 2. The lowest BCUT2D eigenvalue weighted by atomic mass is 10.0. The summed E-state index contributed by atoms with van der Waals surface area (Å²) < 4.78 is 3.69. The molecular weight excluding hydrogens is 474 g/mol. The largest absolute Gasteiger partial charge is 0.310 e. The molecule has 0 saturated heterocycles. The van der Waals surface area contributed by atoms with Gasteiger partial charge in [-0.15, -0.1) is 11.3 Å². The maximum absolute atomic E-state index is 3.85. The fraction of sp³-hybridized carbons (Fsp3) is 0.0345. The van der Waals surface area contributed by atoms with Crippen LogP contribution < -0.4 is 4.90 Å². The van der Waals surface area contributed by atoms with E-state index in [0.717, 1.165) is 21.5 Å². The molecule has 0 unspecified atom stereocenters. The third-order valence-corrected chi connectivity index (χ3v) is 7.24. The lowest BCUT2D eigenvalue weighted by Gasteiger charge is -2.28. The Bertz CT molecular complexity index is 1460. The third kappa shape index (κ3) is 3.79. The second-order valence-corrected chi connectivity index (χ2v) is 9.70. The molecular formula is C29H22BrNS. The molecule has 1 nitrogen and oxygen atoms in total. The van der Waals surface area contributed by atoms with Crippen LogP contribution in [0.2, 0.25) is 0 Å². The van der Waals surface area contributed by atoms with Gasteiger partial charge in [-0.2, -0.15) is 0 Å². The highest BCUT2D eigenvalue weighted by molar-refractivity contribution is 9.10. The van der Waals surface area contributed by atoms with Gasteiger partial charge in [-0.3, -0.25) is 0 Å². The molecule has 32 heavy (non-hydrogen) atoms. The van der Waals surface area contributed by atoms with Crippen molar-refractivity contribution in [3.05, 3.63) is 119 Å². The van der Waals surface area contributed by atoms with E-state index in [2.05, 4.69) is 125 Å². The van der Waals surface area contributed by atoms with Crippen LogP contribution in [-0.4, -0.2) is 0 Å². The second-order valence-electron chi connectivity index (χ2n) is 7.70. The topological polar surface area (TPSA) is 3.24 Å². The van der Waals surface area contributed by atoms with Gasteiger partial charge in [0.1, 0.15) is 0 Å². The summed E-state index contributed by atoms with van der Waals surface area (Å²) in [5, 5.41) is 2.60. The zero-order chi connectivity index (χ0) is 22.1. The number of aryl methyl sites for hydroxylation is 1. The fourth-order valence-electron chi connectivity index (χ4n) is 4.12. The summed E-state index contributed by atoms with van der Waals surface area (Å²) in [4.78, 5) is 2.34. The highest BCUT2D eigenvalue weighted by Crippen LogP contribution is 2.42. The van der Waals surface area contributed by atoms with Crippen molar-refractivity contribution in [3.63, 3.8) is 0 Å². The number of halogens is 1. The van der Waals surface area contributed by atoms with Crippen LogP contribution in [0.1, 0.15) is 11.1 Å². The standard InChI is InChI=1S/C29H22BrNS/c1-3-4-12-24-20(2)9-8-13-27(24)31(22-10-6-5-7-11-22)23-15-17-26-25-16-14-21(30)18-28(25)32-29(26)19-23/h3-19H,1H2,2H3/b12-4-. The highest BCUT2D eigenvalue weighted by atomic mass is 79.9. The van der Waals surface area contributed by atoms with E-state index in [0.29, 0.717) is 0 Å². The number of anilines is 3. The number of benzene rings is 4. The third-order valence-electron chi connectivity index (χ3n) is 5.63. The molecule has 0 bridgehead atoms. The molecule has 0 N–H and O–H groups in total. The number of para-hydroxylation sites is 1. The molecule has 5 rings (SSSR count). The first-order chi connectivity index (χ1) is 15.7. The quantitative estimate of drug-likeness (QED) is 0.219. The van der Waals surface area contributed by atoms with E-state index in [4.69, 9.17) is 0 Å². The van der Waals surface area contributed by atoms with E-state index in [9.17, 15) is 0 Å². The van der Waals surface area contributed by atoms with Gasteiger partial charge in [0.05, 0.1) is 5.69 Å². The monoisotopic (exact) mass is 495 g/mol. The lowest BCUT2D eigenvalue weighted by Crippen LogP contribution is -2.11.